The summed E-state index contributed by atoms with van der Waals surface area (Å²) in [6.07, 6.45) is 0. The molecule has 0 aliphatic carbocycles. The third-order valence-electron chi connectivity index (χ3n) is 6.46. The summed E-state index contributed by atoms with van der Waals surface area (Å²) in [5.41, 5.74) is 2.02. The Balaban J connectivity index is 1.57. The first kappa shape index (κ1) is 27.6. The van der Waals surface area contributed by atoms with Crippen LogP contribution in [0.15, 0.2) is 82.6 Å². The molecule has 0 aromatic heterocycles. The SMILES string of the molecule is COc1ccc(C)cc1N(CC(=O)N1CCN(S(=O)(=O)c2ccc(C)cc2)CC1)S(=O)(=O)c1ccccc1. The van der Waals surface area contributed by atoms with E-state index in [-0.39, 0.29) is 41.7 Å². The number of benzene rings is 3. The van der Waals surface area contributed by atoms with E-state index in [0.717, 1.165) is 15.4 Å². The van der Waals surface area contributed by atoms with E-state index in [0.29, 0.717) is 5.75 Å². The van der Waals surface area contributed by atoms with Crippen LogP contribution in [0, 0.1) is 13.8 Å². The van der Waals surface area contributed by atoms with Crippen molar-refractivity contribution in [1.29, 1.82) is 0 Å². The molecular weight excluding hydrogens is 526 g/mol. The average Bonchev–Trinajstić information content (AvgIpc) is 2.92. The molecule has 0 bridgehead atoms. The first-order valence-electron chi connectivity index (χ1n) is 12.1. The molecule has 11 heteroatoms. The van der Waals surface area contributed by atoms with Crippen LogP contribution in [-0.4, -0.2) is 71.8 Å². The molecule has 0 saturated carbocycles. The van der Waals surface area contributed by atoms with Crippen molar-refractivity contribution in [1.82, 2.24) is 9.21 Å². The van der Waals surface area contributed by atoms with Gasteiger partial charge in [0.15, 0.2) is 0 Å². The highest BCUT2D eigenvalue weighted by Gasteiger charge is 2.34. The Bertz CT molecular complexity index is 1500. The standard InChI is InChI=1S/C27H31N3O6S2/c1-21-9-12-24(13-10-21)37(32,33)29-17-15-28(16-18-29)27(31)20-30(25-19-22(2)11-14-26(25)36-3)38(34,35)23-7-5-4-6-8-23/h4-14,19H,15-18,20H2,1-3H3. The lowest BCUT2D eigenvalue weighted by atomic mass is 10.2. The first-order chi connectivity index (χ1) is 18.0. The number of aryl methyl sites for hydroxylation is 2. The molecule has 1 saturated heterocycles. The van der Waals surface area contributed by atoms with Crippen molar-refractivity contribution in [2.45, 2.75) is 23.6 Å². The maximum absolute atomic E-state index is 13.7. The number of piperazine rings is 1. The molecule has 1 amide bonds. The summed E-state index contributed by atoms with van der Waals surface area (Å²) < 4.78 is 61.4. The maximum Gasteiger partial charge on any atom is 0.264 e. The van der Waals surface area contributed by atoms with Crippen molar-refractivity contribution >= 4 is 31.6 Å². The van der Waals surface area contributed by atoms with Crippen LogP contribution >= 0.6 is 0 Å². The van der Waals surface area contributed by atoms with Gasteiger partial charge in [-0.15, -0.1) is 0 Å². The van der Waals surface area contributed by atoms with Gasteiger partial charge in [0.1, 0.15) is 12.3 Å². The Hall–Kier alpha value is -3.41. The third-order valence-corrected chi connectivity index (χ3v) is 10.2. The molecule has 202 valence electrons. The minimum absolute atomic E-state index is 0.0466. The number of rotatable bonds is 8. The highest BCUT2D eigenvalue weighted by Crippen LogP contribution is 2.33. The fraction of sp³-hybridized carbons (Fsp3) is 0.296. The summed E-state index contributed by atoms with van der Waals surface area (Å²) in [5, 5.41) is 0. The van der Waals surface area contributed by atoms with Gasteiger partial charge in [-0.25, -0.2) is 16.8 Å². The maximum atomic E-state index is 13.7. The van der Waals surface area contributed by atoms with Crippen LogP contribution in [-0.2, 0) is 24.8 Å². The van der Waals surface area contributed by atoms with Gasteiger partial charge in [-0.05, 0) is 55.8 Å². The largest absolute Gasteiger partial charge is 0.495 e. The van der Waals surface area contributed by atoms with E-state index in [1.807, 2.05) is 13.8 Å². The minimum Gasteiger partial charge on any atom is -0.495 e. The zero-order valence-corrected chi connectivity index (χ0v) is 23.2. The Labute approximate surface area is 224 Å². The molecule has 3 aromatic carbocycles. The Morgan fingerprint density at radius 3 is 2.03 bits per heavy atom. The average molecular weight is 558 g/mol. The van der Waals surface area contributed by atoms with Gasteiger partial charge < -0.3 is 9.64 Å². The van der Waals surface area contributed by atoms with Gasteiger partial charge in [0.05, 0.1) is 22.6 Å². The summed E-state index contributed by atoms with van der Waals surface area (Å²) in [6.45, 7) is 3.77. The molecule has 1 aliphatic rings. The lowest BCUT2D eigenvalue weighted by molar-refractivity contribution is -0.130. The highest BCUT2D eigenvalue weighted by atomic mass is 32.2. The summed E-state index contributed by atoms with van der Waals surface area (Å²) in [7, 11) is -6.36. The van der Waals surface area contributed by atoms with Crippen LogP contribution in [0.1, 0.15) is 11.1 Å². The topological polar surface area (TPSA) is 104 Å². The zero-order chi connectivity index (χ0) is 27.5. The number of nitrogens with zero attached hydrogens (tertiary/aromatic N) is 3. The van der Waals surface area contributed by atoms with E-state index in [1.54, 1.807) is 60.7 Å². The Morgan fingerprint density at radius 2 is 1.42 bits per heavy atom. The van der Waals surface area contributed by atoms with Crippen molar-refractivity contribution in [2.24, 2.45) is 0 Å². The highest BCUT2D eigenvalue weighted by molar-refractivity contribution is 7.93. The number of hydrogen-bond donors (Lipinski definition) is 0. The molecule has 0 atom stereocenters. The first-order valence-corrected chi connectivity index (χ1v) is 15.0. The lowest BCUT2D eigenvalue weighted by Crippen LogP contribution is -2.53. The predicted octanol–water partition coefficient (Wildman–Crippen LogP) is 3.04. The fourth-order valence-corrected chi connectivity index (χ4v) is 7.13. The zero-order valence-electron chi connectivity index (χ0n) is 21.6. The summed E-state index contributed by atoms with van der Waals surface area (Å²) in [5.74, 6) is -0.114. The molecule has 1 fully saturated rings. The number of anilines is 1. The predicted molar refractivity (Wildman–Crippen MR) is 145 cm³/mol. The van der Waals surface area contributed by atoms with E-state index < -0.39 is 32.5 Å². The summed E-state index contributed by atoms with van der Waals surface area (Å²) in [4.78, 5) is 15.2. The van der Waals surface area contributed by atoms with Crippen LogP contribution in [0.25, 0.3) is 0 Å². The van der Waals surface area contributed by atoms with Crippen LogP contribution in [0.2, 0.25) is 0 Å². The molecule has 9 nitrogen and oxygen atoms in total. The van der Waals surface area contributed by atoms with E-state index in [1.165, 1.54) is 28.4 Å². The van der Waals surface area contributed by atoms with Gasteiger partial charge in [0.25, 0.3) is 10.0 Å². The smallest absolute Gasteiger partial charge is 0.264 e. The monoisotopic (exact) mass is 557 g/mol. The number of ether oxygens (including phenoxy) is 1. The van der Waals surface area contributed by atoms with Crippen molar-refractivity contribution in [3.63, 3.8) is 0 Å². The van der Waals surface area contributed by atoms with Gasteiger partial charge in [-0.1, -0.05) is 42.0 Å². The van der Waals surface area contributed by atoms with Crippen LogP contribution in [0.5, 0.6) is 5.75 Å². The van der Waals surface area contributed by atoms with Gasteiger partial charge in [0, 0.05) is 26.2 Å². The van der Waals surface area contributed by atoms with Crippen molar-refractivity contribution < 1.29 is 26.4 Å². The number of carbonyl (C=O) groups is 1. The molecule has 0 radical (unpaired) electrons. The normalized spacial score (nSPS) is 14.8. The van der Waals surface area contributed by atoms with Gasteiger partial charge >= 0.3 is 0 Å². The van der Waals surface area contributed by atoms with E-state index in [4.69, 9.17) is 4.74 Å². The summed E-state index contributed by atoms with van der Waals surface area (Å²) in [6, 6.07) is 19.7. The Kier molecular flexibility index (Phi) is 8.10. The van der Waals surface area contributed by atoms with Crippen LogP contribution in [0.3, 0.4) is 0 Å². The van der Waals surface area contributed by atoms with Crippen molar-refractivity contribution in [3.05, 3.63) is 83.9 Å². The number of amides is 1. The third kappa shape index (κ3) is 5.69. The molecule has 0 N–H and O–H groups in total. The van der Waals surface area contributed by atoms with E-state index in [2.05, 4.69) is 0 Å². The van der Waals surface area contributed by atoms with E-state index >= 15 is 0 Å². The van der Waals surface area contributed by atoms with Crippen molar-refractivity contribution in [2.75, 3.05) is 44.1 Å². The molecule has 1 aliphatic heterocycles. The second kappa shape index (κ2) is 11.1. The number of carbonyl (C=O) groups excluding carboxylic acids is 1. The van der Waals surface area contributed by atoms with Crippen LogP contribution < -0.4 is 9.04 Å². The summed E-state index contributed by atoms with van der Waals surface area (Å²) >= 11 is 0. The minimum atomic E-state index is -4.11. The second-order valence-electron chi connectivity index (χ2n) is 9.10. The van der Waals surface area contributed by atoms with Gasteiger partial charge in [-0.3, -0.25) is 9.10 Å². The fourth-order valence-electron chi connectivity index (χ4n) is 4.27. The molecule has 38 heavy (non-hydrogen) atoms. The molecule has 3 aromatic rings. The number of hydrogen-bond acceptors (Lipinski definition) is 6. The van der Waals surface area contributed by atoms with E-state index in [9.17, 15) is 21.6 Å². The molecule has 1 heterocycles. The second-order valence-corrected chi connectivity index (χ2v) is 12.9. The number of methoxy groups -OCH3 is 1. The molecule has 4 rings (SSSR count). The Morgan fingerprint density at radius 1 is 0.816 bits per heavy atom. The molecular formula is C27H31N3O6S2. The van der Waals surface area contributed by atoms with Gasteiger partial charge in [-0.2, -0.15) is 4.31 Å². The molecule has 0 unspecified atom stereocenters. The van der Waals surface area contributed by atoms with Crippen molar-refractivity contribution in [3.8, 4) is 5.75 Å². The molecule has 0 spiro atoms. The number of sulfonamides is 2. The lowest BCUT2D eigenvalue weighted by Gasteiger charge is -2.35. The quantitative estimate of drug-likeness (QED) is 0.422. The van der Waals surface area contributed by atoms with Crippen LogP contribution in [0.4, 0.5) is 5.69 Å². The van der Waals surface area contributed by atoms with Gasteiger partial charge in [0.2, 0.25) is 15.9 Å².